The number of carbonyl (C=O) groups is 1. The monoisotopic (exact) mass is 360 g/mol. The van der Waals surface area contributed by atoms with Gasteiger partial charge in [-0.15, -0.1) is 0 Å². The van der Waals surface area contributed by atoms with Gasteiger partial charge in [0.2, 0.25) is 0 Å². The molecule has 1 amide bonds. The fourth-order valence-electron chi connectivity index (χ4n) is 3.07. The number of halogens is 1. The minimum Gasteiger partial charge on any atom is -0.439 e. The van der Waals surface area contributed by atoms with E-state index in [4.69, 9.17) is 10.00 Å². The van der Waals surface area contributed by atoms with Crippen LogP contribution in [0.4, 0.5) is 9.18 Å². The Morgan fingerprint density at radius 3 is 2.59 bits per heavy atom. The number of alkyl carbamates (subject to hydrolysis) is 1. The molecule has 1 aliphatic heterocycles. The number of carbonyl (C=O) groups excluding carboxylic acids is 1. The summed E-state index contributed by atoms with van der Waals surface area (Å²) in [6, 6.07) is 11.0. The lowest BCUT2D eigenvalue weighted by molar-refractivity contribution is 0.132. The molecule has 2 aromatic heterocycles. The molecule has 0 saturated carbocycles. The number of hydrogen-bond donors (Lipinski definition) is 1. The Morgan fingerprint density at radius 2 is 1.81 bits per heavy atom. The third kappa shape index (κ3) is 3.33. The molecule has 1 saturated heterocycles. The summed E-state index contributed by atoms with van der Waals surface area (Å²) in [7, 11) is 0. The number of nitriles is 1. The van der Waals surface area contributed by atoms with Crippen molar-refractivity contribution >= 4 is 6.09 Å². The minimum absolute atomic E-state index is 0.402. The van der Waals surface area contributed by atoms with E-state index in [1.807, 2.05) is 6.07 Å². The molecule has 27 heavy (non-hydrogen) atoms. The van der Waals surface area contributed by atoms with Crippen molar-refractivity contribution in [3.05, 3.63) is 83.7 Å². The van der Waals surface area contributed by atoms with Gasteiger partial charge in [-0.25, -0.2) is 9.18 Å². The van der Waals surface area contributed by atoms with E-state index >= 15 is 0 Å². The summed E-state index contributed by atoms with van der Waals surface area (Å²) >= 11 is 0. The summed E-state index contributed by atoms with van der Waals surface area (Å²) in [5, 5.41) is 11.8. The highest BCUT2D eigenvalue weighted by atomic mass is 19.1. The first-order valence-electron chi connectivity index (χ1n) is 8.17. The van der Waals surface area contributed by atoms with Gasteiger partial charge in [0, 0.05) is 35.9 Å². The quantitative estimate of drug-likeness (QED) is 0.770. The van der Waals surface area contributed by atoms with Gasteiger partial charge < -0.3 is 10.1 Å². The minimum atomic E-state index is -0.672. The Labute approximate surface area is 154 Å². The van der Waals surface area contributed by atoms with Gasteiger partial charge in [0.25, 0.3) is 0 Å². The fourth-order valence-corrected chi connectivity index (χ4v) is 3.07. The van der Waals surface area contributed by atoms with Gasteiger partial charge in [0.05, 0.1) is 5.56 Å². The number of cyclic esters (lactones) is 1. The van der Waals surface area contributed by atoms with E-state index in [1.165, 1.54) is 18.3 Å². The van der Waals surface area contributed by atoms with E-state index in [0.717, 1.165) is 11.1 Å². The zero-order valence-corrected chi connectivity index (χ0v) is 14.0. The average molecular weight is 360 g/mol. The van der Waals surface area contributed by atoms with Gasteiger partial charge in [-0.1, -0.05) is 12.1 Å². The van der Waals surface area contributed by atoms with Crippen molar-refractivity contribution in [3.8, 4) is 17.2 Å². The first-order chi connectivity index (χ1) is 13.1. The molecule has 3 heterocycles. The maximum Gasteiger partial charge on any atom is 0.408 e. The van der Waals surface area contributed by atoms with E-state index in [9.17, 15) is 9.18 Å². The van der Waals surface area contributed by atoms with Gasteiger partial charge in [0.1, 0.15) is 17.9 Å². The van der Waals surface area contributed by atoms with Crippen LogP contribution in [0.2, 0.25) is 0 Å². The second-order valence-corrected chi connectivity index (χ2v) is 6.08. The van der Waals surface area contributed by atoms with E-state index < -0.39 is 24.1 Å². The standard InChI is InChI=1S/C20H13FN4O2/c21-17-3-1-2-13(6-17)19-18(25-20(26)27-19)16-5-15(10-24-11-16)14-4-12(7-22)8-23-9-14/h1-6,8-11,18-19H,(H,25,26)/t18-,19-/m1/s1. The van der Waals surface area contributed by atoms with E-state index in [2.05, 4.69) is 21.4 Å². The number of aromatic nitrogens is 2. The molecule has 1 N–H and O–H groups in total. The topological polar surface area (TPSA) is 87.9 Å². The molecular formula is C20H13FN4O2. The van der Waals surface area contributed by atoms with Crippen LogP contribution in [0, 0.1) is 17.1 Å². The molecule has 132 valence electrons. The maximum atomic E-state index is 13.6. The highest BCUT2D eigenvalue weighted by Crippen LogP contribution is 2.37. The molecule has 0 aliphatic carbocycles. The molecule has 0 radical (unpaired) electrons. The van der Waals surface area contributed by atoms with Gasteiger partial charge >= 0.3 is 6.09 Å². The summed E-state index contributed by atoms with van der Waals surface area (Å²) in [4.78, 5) is 20.1. The molecule has 0 bridgehead atoms. The molecule has 1 aromatic carbocycles. The summed E-state index contributed by atoms with van der Waals surface area (Å²) in [6.07, 6.45) is 5.14. The second kappa shape index (κ2) is 6.84. The molecule has 6 nitrogen and oxygen atoms in total. The average Bonchev–Trinajstić information content (AvgIpc) is 3.10. The summed E-state index contributed by atoms with van der Waals surface area (Å²) in [5.74, 6) is -0.402. The van der Waals surface area contributed by atoms with Crippen molar-refractivity contribution in [3.63, 3.8) is 0 Å². The Morgan fingerprint density at radius 1 is 1.04 bits per heavy atom. The van der Waals surface area contributed by atoms with Crippen LogP contribution in [0.3, 0.4) is 0 Å². The number of rotatable bonds is 3. The molecular weight excluding hydrogens is 347 g/mol. The Hall–Kier alpha value is -3.79. The number of ether oxygens (including phenoxy) is 1. The zero-order valence-electron chi connectivity index (χ0n) is 14.0. The van der Waals surface area contributed by atoms with Crippen molar-refractivity contribution in [1.82, 2.24) is 15.3 Å². The van der Waals surface area contributed by atoms with Crippen molar-refractivity contribution in [2.75, 3.05) is 0 Å². The van der Waals surface area contributed by atoms with Crippen molar-refractivity contribution < 1.29 is 13.9 Å². The zero-order chi connectivity index (χ0) is 18.8. The number of hydrogen-bond acceptors (Lipinski definition) is 5. The largest absolute Gasteiger partial charge is 0.439 e. The predicted molar refractivity (Wildman–Crippen MR) is 93.7 cm³/mol. The summed E-state index contributed by atoms with van der Waals surface area (Å²) in [5.41, 5.74) is 3.17. The van der Waals surface area contributed by atoms with Crippen LogP contribution in [0.5, 0.6) is 0 Å². The van der Waals surface area contributed by atoms with Crippen molar-refractivity contribution in [2.45, 2.75) is 12.1 Å². The van der Waals surface area contributed by atoms with E-state index in [0.29, 0.717) is 16.7 Å². The number of pyridine rings is 2. The molecule has 2 atom stereocenters. The van der Waals surface area contributed by atoms with Crippen LogP contribution in [-0.4, -0.2) is 16.1 Å². The van der Waals surface area contributed by atoms with Crippen LogP contribution < -0.4 is 5.32 Å². The second-order valence-electron chi connectivity index (χ2n) is 6.08. The fraction of sp³-hybridized carbons (Fsp3) is 0.100. The third-order valence-corrected chi connectivity index (χ3v) is 4.31. The van der Waals surface area contributed by atoms with Gasteiger partial charge in [-0.2, -0.15) is 5.26 Å². The third-order valence-electron chi connectivity index (χ3n) is 4.31. The lowest BCUT2D eigenvalue weighted by Crippen LogP contribution is -2.19. The predicted octanol–water partition coefficient (Wildman–Crippen LogP) is 3.68. The van der Waals surface area contributed by atoms with Crippen LogP contribution in [0.1, 0.15) is 28.8 Å². The summed E-state index contributed by atoms with van der Waals surface area (Å²) < 4.78 is 18.9. The Balaban J connectivity index is 1.72. The van der Waals surface area contributed by atoms with Gasteiger partial charge in [-0.3, -0.25) is 9.97 Å². The number of nitrogens with zero attached hydrogens (tertiary/aromatic N) is 3. The van der Waals surface area contributed by atoms with E-state index in [1.54, 1.807) is 36.8 Å². The summed E-state index contributed by atoms with van der Waals surface area (Å²) in [6.45, 7) is 0. The number of benzene rings is 1. The molecule has 3 aromatic rings. The van der Waals surface area contributed by atoms with Crippen LogP contribution in [-0.2, 0) is 4.74 Å². The molecule has 0 spiro atoms. The van der Waals surface area contributed by atoms with Crippen LogP contribution in [0.15, 0.2) is 61.2 Å². The first-order valence-corrected chi connectivity index (χ1v) is 8.17. The van der Waals surface area contributed by atoms with Crippen LogP contribution in [0.25, 0.3) is 11.1 Å². The molecule has 4 rings (SSSR count). The van der Waals surface area contributed by atoms with E-state index in [-0.39, 0.29) is 0 Å². The van der Waals surface area contributed by atoms with Gasteiger partial charge in [-0.05, 0) is 35.4 Å². The molecule has 0 unspecified atom stereocenters. The van der Waals surface area contributed by atoms with Crippen LogP contribution >= 0.6 is 0 Å². The van der Waals surface area contributed by atoms with Gasteiger partial charge in [0.15, 0.2) is 6.10 Å². The lowest BCUT2D eigenvalue weighted by Gasteiger charge is -2.18. The molecule has 1 aliphatic rings. The lowest BCUT2D eigenvalue weighted by atomic mass is 9.95. The Kier molecular flexibility index (Phi) is 4.22. The smallest absolute Gasteiger partial charge is 0.408 e. The first kappa shape index (κ1) is 16.7. The normalized spacial score (nSPS) is 18.4. The molecule has 1 fully saturated rings. The highest BCUT2D eigenvalue weighted by molar-refractivity contribution is 5.72. The Bertz CT molecular complexity index is 1060. The maximum absolute atomic E-state index is 13.6. The van der Waals surface area contributed by atoms with Crippen molar-refractivity contribution in [2.24, 2.45) is 0 Å². The SMILES string of the molecule is N#Cc1cncc(-c2cncc([C@H]3NC(=O)O[C@@H]3c3cccc(F)c3)c2)c1. The molecule has 7 heteroatoms. The van der Waals surface area contributed by atoms with Crippen molar-refractivity contribution in [1.29, 1.82) is 5.26 Å². The number of amides is 1. The number of nitrogens with one attached hydrogen (secondary N) is 1. The highest BCUT2D eigenvalue weighted by Gasteiger charge is 2.36.